The molecule has 30 heavy (non-hydrogen) atoms. The molecular formula is C25H30N2O2S. The van der Waals surface area contributed by atoms with Gasteiger partial charge in [-0.1, -0.05) is 42.5 Å². The zero-order chi connectivity index (χ0) is 21.1. The van der Waals surface area contributed by atoms with E-state index >= 15 is 0 Å². The monoisotopic (exact) mass is 422 g/mol. The van der Waals surface area contributed by atoms with E-state index in [0.717, 1.165) is 31.2 Å². The highest BCUT2D eigenvalue weighted by atomic mass is 32.1. The Bertz CT molecular complexity index is 917. The number of hydrogen-bond acceptors (Lipinski definition) is 3. The number of thiophene rings is 1. The summed E-state index contributed by atoms with van der Waals surface area (Å²) in [5, 5.41) is 2.08. The topological polar surface area (TPSA) is 40.6 Å². The van der Waals surface area contributed by atoms with Crippen molar-refractivity contribution in [2.75, 3.05) is 27.2 Å². The maximum Gasteiger partial charge on any atom is 0.230 e. The van der Waals surface area contributed by atoms with Crippen LogP contribution in [0.4, 0.5) is 0 Å². The van der Waals surface area contributed by atoms with Gasteiger partial charge in [0.05, 0.1) is 5.41 Å². The maximum absolute atomic E-state index is 13.2. The summed E-state index contributed by atoms with van der Waals surface area (Å²) in [6.45, 7) is 1.20. The first kappa shape index (κ1) is 20.9. The van der Waals surface area contributed by atoms with Crippen LogP contribution in [0.5, 0.6) is 0 Å². The normalized spacial score (nSPS) is 23.5. The third-order valence-corrected chi connectivity index (χ3v) is 7.36. The molecule has 0 radical (unpaired) electrons. The molecule has 0 spiro atoms. The lowest BCUT2D eigenvalue weighted by atomic mass is 9.79. The summed E-state index contributed by atoms with van der Waals surface area (Å²) in [6, 6.07) is 12.7. The van der Waals surface area contributed by atoms with Gasteiger partial charge in [0, 0.05) is 38.0 Å². The number of hydrogen-bond donors (Lipinski definition) is 0. The molecule has 2 aliphatic rings. The van der Waals surface area contributed by atoms with Crippen molar-refractivity contribution < 1.29 is 9.59 Å². The molecule has 1 fully saturated rings. The molecule has 5 heteroatoms. The van der Waals surface area contributed by atoms with Gasteiger partial charge in [-0.2, -0.15) is 0 Å². The predicted molar refractivity (Wildman–Crippen MR) is 122 cm³/mol. The molecule has 4 rings (SSSR count). The third-order valence-electron chi connectivity index (χ3n) is 6.45. The molecule has 1 aliphatic carbocycles. The SMILES string of the molecule is CN(C)C(=O)[C@@]1(Cc2ccc(-c3cccs3)cc2)CCN(C(=O)[C@H]2CC=CCC2)C1. The van der Waals surface area contributed by atoms with Gasteiger partial charge in [-0.3, -0.25) is 9.59 Å². The minimum absolute atomic E-state index is 0.0744. The second kappa shape index (κ2) is 8.76. The number of carbonyl (C=O) groups is 2. The van der Waals surface area contributed by atoms with E-state index < -0.39 is 5.41 Å². The fraction of sp³-hybridized carbons (Fsp3) is 0.440. The Morgan fingerprint density at radius 2 is 1.97 bits per heavy atom. The molecule has 1 saturated heterocycles. The summed E-state index contributed by atoms with van der Waals surface area (Å²) in [5.41, 5.74) is 1.82. The quantitative estimate of drug-likeness (QED) is 0.660. The first-order chi connectivity index (χ1) is 14.5. The number of nitrogens with zero attached hydrogens (tertiary/aromatic N) is 2. The Labute approximate surface area is 183 Å². The van der Waals surface area contributed by atoms with Gasteiger partial charge in [-0.15, -0.1) is 11.3 Å². The Hall–Kier alpha value is -2.40. The summed E-state index contributed by atoms with van der Waals surface area (Å²) in [4.78, 5) is 31.2. The number of allylic oxidation sites excluding steroid dienone is 2. The lowest BCUT2D eigenvalue weighted by Crippen LogP contribution is -2.45. The van der Waals surface area contributed by atoms with Crippen LogP contribution in [0.1, 0.15) is 31.2 Å². The van der Waals surface area contributed by atoms with Crippen LogP contribution in [0.15, 0.2) is 53.9 Å². The average Bonchev–Trinajstić information content (AvgIpc) is 3.45. The van der Waals surface area contributed by atoms with Crippen molar-refractivity contribution in [2.45, 2.75) is 32.1 Å². The van der Waals surface area contributed by atoms with Crippen molar-refractivity contribution in [3.63, 3.8) is 0 Å². The number of rotatable bonds is 5. The first-order valence-electron chi connectivity index (χ1n) is 10.8. The van der Waals surface area contributed by atoms with Crippen LogP contribution in [-0.2, 0) is 16.0 Å². The molecule has 2 aromatic rings. The van der Waals surface area contributed by atoms with Crippen LogP contribution in [0, 0.1) is 11.3 Å². The van der Waals surface area contributed by atoms with Gasteiger partial charge in [-0.05, 0) is 54.7 Å². The second-order valence-electron chi connectivity index (χ2n) is 8.82. The highest BCUT2D eigenvalue weighted by Crippen LogP contribution is 2.38. The van der Waals surface area contributed by atoms with Gasteiger partial charge >= 0.3 is 0 Å². The second-order valence-corrected chi connectivity index (χ2v) is 9.77. The fourth-order valence-electron chi connectivity index (χ4n) is 4.83. The highest BCUT2D eigenvalue weighted by Gasteiger charge is 2.47. The van der Waals surface area contributed by atoms with Crippen molar-refractivity contribution >= 4 is 23.2 Å². The number of carbonyl (C=O) groups excluding carboxylic acids is 2. The molecule has 1 aliphatic heterocycles. The van der Waals surface area contributed by atoms with E-state index in [0.29, 0.717) is 19.5 Å². The molecule has 2 heterocycles. The summed E-state index contributed by atoms with van der Waals surface area (Å²) in [5.74, 6) is 0.426. The number of likely N-dealkylation sites (tertiary alicyclic amines) is 1. The van der Waals surface area contributed by atoms with E-state index in [4.69, 9.17) is 0 Å². The number of benzene rings is 1. The van der Waals surface area contributed by atoms with E-state index in [1.807, 2.05) is 19.0 Å². The minimum Gasteiger partial charge on any atom is -0.348 e. The number of amides is 2. The molecule has 0 saturated carbocycles. The van der Waals surface area contributed by atoms with Crippen LogP contribution in [0.2, 0.25) is 0 Å². The van der Waals surface area contributed by atoms with E-state index in [-0.39, 0.29) is 17.7 Å². The molecule has 4 nitrogen and oxygen atoms in total. The summed E-state index contributed by atoms with van der Waals surface area (Å²) >= 11 is 1.73. The zero-order valence-electron chi connectivity index (χ0n) is 17.8. The van der Waals surface area contributed by atoms with Crippen LogP contribution in [-0.4, -0.2) is 48.8 Å². The molecule has 1 aromatic heterocycles. The van der Waals surface area contributed by atoms with Gasteiger partial charge in [-0.25, -0.2) is 0 Å². The van der Waals surface area contributed by atoms with Gasteiger partial charge in [0.25, 0.3) is 0 Å². The molecule has 2 amide bonds. The summed E-state index contributed by atoms with van der Waals surface area (Å²) in [7, 11) is 3.64. The van der Waals surface area contributed by atoms with Gasteiger partial charge in [0.2, 0.25) is 11.8 Å². The lowest BCUT2D eigenvalue weighted by molar-refractivity contribution is -0.140. The van der Waals surface area contributed by atoms with Crippen LogP contribution in [0.25, 0.3) is 10.4 Å². The minimum atomic E-state index is -0.534. The average molecular weight is 423 g/mol. The molecule has 0 N–H and O–H groups in total. The zero-order valence-corrected chi connectivity index (χ0v) is 18.7. The van der Waals surface area contributed by atoms with E-state index in [1.54, 1.807) is 16.2 Å². The molecule has 0 unspecified atom stereocenters. The van der Waals surface area contributed by atoms with Crippen LogP contribution < -0.4 is 0 Å². The van der Waals surface area contributed by atoms with Crippen LogP contribution >= 0.6 is 11.3 Å². The maximum atomic E-state index is 13.2. The smallest absolute Gasteiger partial charge is 0.230 e. The van der Waals surface area contributed by atoms with Crippen molar-refractivity contribution in [3.05, 3.63) is 59.5 Å². The predicted octanol–water partition coefficient (Wildman–Crippen LogP) is 4.62. The van der Waals surface area contributed by atoms with E-state index in [2.05, 4.69) is 53.9 Å². The Balaban J connectivity index is 1.52. The Morgan fingerprint density at radius 1 is 1.17 bits per heavy atom. The Morgan fingerprint density at radius 3 is 2.60 bits per heavy atom. The summed E-state index contributed by atoms with van der Waals surface area (Å²) in [6.07, 6.45) is 8.40. The molecular weight excluding hydrogens is 392 g/mol. The van der Waals surface area contributed by atoms with Gasteiger partial charge in [0.1, 0.15) is 0 Å². The van der Waals surface area contributed by atoms with E-state index in [9.17, 15) is 9.59 Å². The standard InChI is InChI=1S/C25H30N2O2S/c1-26(2)24(29)25(14-15-27(18-25)23(28)21-7-4-3-5-8-21)17-19-10-12-20(13-11-19)22-9-6-16-30-22/h3-4,6,9-13,16,21H,5,7-8,14-15,17-18H2,1-2H3/t21-,25+/m0/s1. The van der Waals surface area contributed by atoms with Crippen molar-refractivity contribution in [3.8, 4) is 10.4 Å². The Kier molecular flexibility index (Phi) is 6.09. The van der Waals surface area contributed by atoms with E-state index in [1.165, 1.54) is 10.4 Å². The summed E-state index contributed by atoms with van der Waals surface area (Å²) < 4.78 is 0. The largest absolute Gasteiger partial charge is 0.348 e. The fourth-order valence-corrected chi connectivity index (χ4v) is 5.56. The first-order valence-corrected chi connectivity index (χ1v) is 11.6. The third kappa shape index (κ3) is 4.22. The van der Waals surface area contributed by atoms with Crippen molar-refractivity contribution in [2.24, 2.45) is 11.3 Å². The lowest BCUT2D eigenvalue weighted by Gasteiger charge is -2.32. The molecule has 2 atom stereocenters. The van der Waals surface area contributed by atoms with Crippen molar-refractivity contribution in [1.82, 2.24) is 9.80 Å². The van der Waals surface area contributed by atoms with Crippen molar-refractivity contribution in [1.29, 1.82) is 0 Å². The van der Waals surface area contributed by atoms with Gasteiger partial charge < -0.3 is 9.80 Å². The molecule has 0 bridgehead atoms. The van der Waals surface area contributed by atoms with Gasteiger partial charge in [0.15, 0.2) is 0 Å². The molecule has 158 valence electrons. The molecule has 1 aromatic carbocycles. The van der Waals surface area contributed by atoms with Crippen LogP contribution in [0.3, 0.4) is 0 Å². The highest BCUT2D eigenvalue weighted by molar-refractivity contribution is 7.13.